The molecule has 0 atom stereocenters. The van der Waals surface area contributed by atoms with Crippen LogP contribution in [0.3, 0.4) is 0 Å². The number of fused-ring (bicyclic) bond motifs is 1. The summed E-state index contributed by atoms with van der Waals surface area (Å²) in [5, 5.41) is 14.8. The minimum atomic E-state index is -1.19. The molecular weight excluding hydrogens is 337 g/mol. The number of hydrogen-bond donors (Lipinski definition) is 1. The van der Waals surface area contributed by atoms with E-state index in [1.807, 2.05) is 13.8 Å². The van der Waals surface area contributed by atoms with E-state index in [9.17, 15) is 9.90 Å². The molecule has 26 heavy (non-hydrogen) atoms. The number of hydrogen-bond acceptors (Lipinski definition) is 4. The molecule has 1 aromatic carbocycles. The van der Waals surface area contributed by atoms with Gasteiger partial charge in [0.25, 0.3) is 0 Å². The standard InChI is InChI=1S/C20H23N3O2.Na/c1-5-15-8-6-7-12(2)17(15)10-21-18-9-16(20(24)25)11-23-14(4)13(3)22-19(18)23;/h6-9,11,21H,5,10H2,1-4H3,(H,24,25);/q;+1/p-1. The van der Waals surface area contributed by atoms with Crippen LogP contribution >= 0.6 is 0 Å². The summed E-state index contributed by atoms with van der Waals surface area (Å²) in [4.78, 5) is 15.9. The van der Waals surface area contributed by atoms with Crippen molar-refractivity contribution in [1.82, 2.24) is 9.38 Å². The summed E-state index contributed by atoms with van der Waals surface area (Å²) in [5.41, 5.74) is 7.10. The number of aryl methyl sites for hydroxylation is 4. The second-order valence-electron chi connectivity index (χ2n) is 6.33. The fourth-order valence-electron chi connectivity index (χ4n) is 3.14. The number of carboxylic acid groups (broad SMARTS) is 1. The van der Waals surface area contributed by atoms with Crippen LogP contribution in [0.1, 0.15) is 45.4 Å². The predicted molar refractivity (Wildman–Crippen MR) is 96.9 cm³/mol. The number of rotatable bonds is 5. The number of anilines is 1. The van der Waals surface area contributed by atoms with Gasteiger partial charge in [-0.15, -0.1) is 0 Å². The van der Waals surface area contributed by atoms with Crippen molar-refractivity contribution < 1.29 is 39.5 Å². The number of carbonyl (C=O) groups is 1. The van der Waals surface area contributed by atoms with Gasteiger partial charge in [-0.25, -0.2) is 4.98 Å². The minimum absolute atomic E-state index is 0. The number of aromatic nitrogens is 2. The van der Waals surface area contributed by atoms with Gasteiger partial charge in [0, 0.05) is 24.0 Å². The second-order valence-corrected chi connectivity index (χ2v) is 6.33. The molecule has 3 rings (SSSR count). The minimum Gasteiger partial charge on any atom is -0.545 e. The van der Waals surface area contributed by atoms with E-state index < -0.39 is 5.97 Å². The van der Waals surface area contributed by atoms with Crippen molar-refractivity contribution in [3.05, 3.63) is 64.1 Å². The zero-order chi connectivity index (χ0) is 18.1. The first-order valence-corrected chi connectivity index (χ1v) is 8.44. The van der Waals surface area contributed by atoms with Crippen LogP contribution in [-0.2, 0) is 13.0 Å². The first-order valence-electron chi connectivity index (χ1n) is 8.44. The van der Waals surface area contributed by atoms with E-state index in [1.54, 1.807) is 16.7 Å². The molecule has 6 heteroatoms. The van der Waals surface area contributed by atoms with Gasteiger partial charge in [0.1, 0.15) is 0 Å². The average molecular weight is 359 g/mol. The number of benzene rings is 1. The molecule has 0 saturated carbocycles. The van der Waals surface area contributed by atoms with Crippen molar-refractivity contribution in [3.8, 4) is 0 Å². The molecule has 0 aliphatic heterocycles. The number of carbonyl (C=O) groups excluding carboxylic acids is 1. The average Bonchev–Trinajstić information content (AvgIpc) is 2.88. The summed E-state index contributed by atoms with van der Waals surface area (Å²) in [6, 6.07) is 7.88. The number of nitrogens with one attached hydrogen (secondary N) is 1. The zero-order valence-electron chi connectivity index (χ0n) is 16.0. The van der Waals surface area contributed by atoms with E-state index in [-0.39, 0.29) is 35.1 Å². The van der Waals surface area contributed by atoms with E-state index in [1.165, 1.54) is 16.7 Å². The monoisotopic (exact) mass is 359 g/mol. The van der Waals surface area contributed by atoms with Crippen LogP contribution in [-0.4, -0.2) is 15.4 Å². The van der Waals surface area contributed by atoms with E-state index in [4.69, 9.17) is 0 Å². The molecule has 5 nitrogen and oxygen atoms in total. The van der Waals surface area contributed by atoms with Crippen LogP contribution in [0.25, 0.3) is 5.65 Å². The summed E-state index contributed by atoms with van der Waals surface area (Å²) in [6.45, 7) is 8.69. The maximum Gasteiger partial charge on any atom is 1.00 e. The number of nitrogens with zero attached hydrogens (tertiary/aromatic N) is 2. The zero-order valence-corrected chi connectivity index (χ0v) is 18.0. The summed E-state index contributed by atoms with van der Waals surface area (Å²) in [7, 11) is 0. The molecule has 0 spiro atoms. The van der Waals surface area contributed by atoms with Gasteiger partial charge in [-0.05, 0) is 49.9 Å². The van der Waals surface area contributed by atoms with Crippen molar-refractivity contribution in [1.29, 1.82) is 0 Å². The molecule has 0 fully saturated rings. The number of carboxylic acids is 1. The Hall–Kier alpha value is -1.82. The first kappa shape index (κ1) is 20.5. The Morgan fingerprint density at radius 1 is 1.27 bits per heavy atom. The van der Waals surface area contributed by atoms with E-state index in [2.05, 4.69) is 42.3 Å². The van der Waals surface area contributed by atoms with E-state index >= 15 is 0 Å². The summed E-state index contributed by atoms with van der Waals surface area (Å²) in [5.74, 6) is -1.19. The second kappa shape index (κ2) is 8.25. The van der Waals surface area contributed by atoms with Crippen molar-refractivity contribution in [3.63, 3.8) is 0 Å². The Kier molecular flexibility index (Phi) is 6.50. The maximum atomic E-state index is 11.4. The Labute approximate surface area is 175 Å². The van der Waals surface area contributed by atoms with Gasteiger partial charge < -0.3 is 19.6 Å². The Morgan fingerprint density at radius 3 is 2.65 bits per heavy atom. The molecule has 1 N–H and O–H groups in total. The van der Waals surface area contributed by atoms with Crippen molar-refractivity contribution in [2.45, 2.75) is 40.7 Å². The van der Waals surface area contributed by atoms with Gasteiger partial charge in [-0.2, -0.15) is 0 Å². The Bertz CT molecular complexity index is 963. The van der Waals surface area contributed by atoms with Crippen LogP contribution in [0.4, 0.5) is 5.69 Å². The smallest absolute Gasteiger partial charge is 0.545 e. The van der Waals surface area contributed by atoms with Gasteiger partial charge in [0.15, 0.2) is 5.65 Å². The molecule has 2 aromatic heterocycles. The molecule has 0 aliphatic rings. The fourth-order valence-corrected chi connectivity index (χ4v) is 3.14. The van der Waals surface area contributed by atoms with Crippen LogP contribution in [0.5, 0.6) is 0 Å². The van der Waals surface area contributed by atoms with Gasteiger partial charge in [0.05, 0.1) is 17.4 Å². The third kappa shape index (κ3) is 3.80. The van der Waals surface area contributed by atoms with E-state index in [0.29, 0.717) is 12.2 Å². The molecule has 0 bridgehead atoms. The fraction of sp³-hybridized carbons (Fsp3) is 0.300. The van der Waals surface area contributed by atoms with Gasteiger partial charge >= 0.3 is 29.6 Å². The number of imidazole rings is 1. The molecule has 0 amide bonds. The summed E-state index contributed by atoms with van der Waals surface area (Å²) in [6.07, 6.45) is 2.52. The summed E-state index contributed by atoms with van der Waals surface area (Å²) < 4.78 is 1.81. The first-order chi connectivity index (χ1) is 11.9. The molecular formula is C20H22N3NaO2. The molecule has 0 saturated heterocycles. The van der Waals surface area contributed by atoms with Gasteiger partial charge in [-0.3, -0.25) is 0 Å². The van der Waals surface area contributed by atoms with Crippen molar-refractivity contribution in [2.24, 2.45) is 0 Å². The third-order valence-corrected chi connectivity index (χ3v) is 4.78. The molecule has 3 aromatic rings. The molecule has 2 heterocycles. The normalized spacial score (nSPS) is 10.6. The van der Waals surface area contributed by atoms with Crippen LogP contribution in [0.15, 0.2) is 30.5 Å². The SMILES string of the molecule is CCc1cccc(C)c1CNc1cc(C(=O)[O-])cn2c(C)c(C)nc12.[Na+]. The van der Waals surface area contributed by atoms with Crippen molar-refractivity contribution in [2.75, 3.05) is 5.32 Å². The molecule has 130 valence electrons. The van der Waals surface area contributed by atoms with Gasteiger partial charge in [-0.1, -0.05) is 25.1 Å². The van der Waals surface area contributed by atoms with Crippen molar-refractivity contribution >= 4 is 17.3 Å². The maximum absolute atomic E-state index is 11.4. The Morgan fingerprint density at radius 2 is 2.00 bits per heavy atom. The number of aromatic carboxylic acids is 1. The Balaban J connectivity index is 0.00000243. The third-order valence-electron chi connectivity index (χ3n) is 4.78. The molecule has 0 radical (unpaired) electrons. The van der Waals surface area contributed by atoms with Crippen LogP contribution < -0.4 is 40.0 Å². The largest absolute Gasteiger partial charge is 1.00 e. The van der Waals surface area contributed by atoms with E-state index in [0.717, 1.165) is 23.5 Å². The number of pyridine rings is 1. The van der Waals surface area contributed by atoms with Crippen LogP contribution in [0.2, 0.25) is 0 Å². The van der Waals surface area contributed by atoms with Crippen LogP contribution in [0, 0.1) is 20.8 Å². The predicted octanol–water partition coefficient (Wildman–Crippen LogP) is -0.198. The molecule has 0 unspecified atom stereocenters. The van der Waals surface area contributed by atoms with Gasteiger partial charge in [0.2, 0.25) is 0 Å². The quantitative estimate of drug-likeness (QED) is 0.641. The molecule has 0 aliphatic carbocycles. The topological polar surface area (TPSA) is 69.5 Å². The summed E-state index contributed by atoms with van der Waals surface area (Å²) >= 11 is 0.